The second kappa shape index (κ2) is 11.7. The van der Waals surface area contributed by atoms with Crippen LogP contribution in [0.5, 0.6) is 5.75 Å². The van der Waals surface area contributed by atoms with Gasteiger partial charge in [-0.25, -0.2) is 0 Å². The van der Waals surface area contributed by atoms with Crippen LogP contribution in [-0.2, 0) is 12.8 Å². The Morgan fingerprint density at radius 3 is 2.45 bits per heavy atom. The van der Waals surface area contributed by atoms with Gasteiger partial charge in [0, 0.05) is 45.3 Å². The minimum Gasteiger partial charge on any atom is -0.508 e. The molecule has 2 aliphatic heterocycles. The van der Waals surface area contributed by atoms with Crippen LogP contribution in [0.25, 0.3) is 0 Å². The molecule has 0 bridgehead atoms. The number of piperidine rings is 1. The first-order valence-electron chi connectivity index (χ1n) is 11.5. The molecule has 4 nitrogen and oxygen atoms in total. The average molecular weight is 533 g/mol. The van der Waals surface area contributed by atoms with Crippen molar-refractivity contribution in [2.24, 2.45) is 5.92 Å². The summed E-state index contributed by atoms with van der Waals surface area (Å²) in [6.45, 7) is 7.54. The Morgan fingerprint density at radius 1 is 0.879 bits per heavy atom. The Bertz CT molecular complexity index is 936. The molecule has 3 aliphatic rings. The standard InChI is InChI=1S/C25H31Cl2N3O.2ClH/c26-22-4-1-5-23(25(22)27)30-13-10-28(11-14-30)9-12-29-8-2-3-19-15-18-6-7-21(31)16-20(18)17-24(19)29;;/h1,4-7,16,19,24,31H,2-3,8-15,17H2;2*1H/t19-,24+;;/m0../s1. The van der Waals surface area contributed by atoms with Gasteiger partial charge in [-0.2, -0.15) is 0 Å². The maximum absolute atomic E-state index is 9.92. The van der Waals surface area contributed by atoms with Crippen LogP contribution in [-0.4, -0.2) is 66.8 Å². The minimum atomic E-state index is 0. The number of nitrogens with zero attached hydrogens (tertiary/aromatic N) is 3. The Labute approximate surface area is 219 Å². The molecule has 2 fully saturated rings. The van der Waals surface area contributed by atoms with Crippen molar-refractivity contribution in [3.63, 3.8) is 0 Å². The molecule has 5 rings (SSSR count). The number of fused-ring (bicyclic) bond motifs is 2. The number of hydrogen-bond acceptors (Lipinski definition) is 4. The Hall–Kier alpha value is -0.880. The van der Waals surface area contributed by atoms with Gasteiger partial charge in [-0.1, -0.05) is 35.3 Å². The molecule has 2 aromatic carbocycles. The zero-order valence-corrected chi connectivity index (χ0v) is 21.9. The average Bonchev–Trinajstić information content (AvgIpc) is 2.78. The molecule has 0 saturated carbocycles. The van der Waals surface area contributed by atoms with Gasteiger partial charge in [0.05, 0.1) is 15.7 Å². The van der Waals surface area contributed by atoms with Gasteiger partial charge in [0.2, 0.25) is 0 Å². The predicted octanol–water partition coefficient (Wildman–Crippen LogP) is 5.54. The number of aromatic hydroxyl groups is 1. The van der Waals surface area contributed by atoms with Gasteiger partial charge < -0.3 is 10.0 Å². The molecule has 182 valence electrons. The summed E-state index contributed by atoms with van der Waals surface area (Å²) in [4.78, 5) is 7.66. The minimum absolute atomic E-state index is 0. The third-order valence-corrected chi connectivity index (χ3v) is 8.29. The van der Waals surface area contributed by atoms with E-state index in [4.69, 9.17) is 23.2 Å². The fourth-order valence-corrected chi connectivity index (χ4v) is 6.17. The topological polar surface area (TPSA) is 30.0 Å². The second-order valence-corrected chi connectivity index (χ2v) is 10.1. The summed E-state index contributed by atoms with van der Waals surface area (Å²) < 4.78 is 0. The molecule has 2 saturated heterocycles. The maximum atomic E-state index is 9.92. The normalized spacial score (nSPS) is 23.2. The van der Waals surface area contributed by atoms with Gasteiger partial charge in [0.15, 0.2) is 0 Å². The van der Waals surface area contributed by atoms with E-state index in [0.717, 1.165) is 63.7 Å². The number of phenols is 1. The highest BCUT2D eigenvalue weighted by Crippen LogP contribution is 2.36. The van der Waals surface area contributed by atoms with Crippen molar-refractivity contribution in [2.45, 2.75) is 31.7 Å². The van der Waals surface area contributed by atoms with Crippen molar-refractivity contribution in [2.75, 3.05) is 50.7 Å². The van der Waals surface area contributed by atoms with Crippen LogP contribution in [0, 0.1) is 5.92 Å². The molecule has 0 spiro atoms. The molecule has 2 heterocycles. The summed E-state index contributed by atoms with van der Waals surface area (Å²) in [5, 5.41) is 11.2. The van der Waals surface area contributed by atoms with E-state index < -0.39 is 0 Å². The van der Waals surface area contributed by atoms with Crippen molar-refractivity contribution in [3.8, 4) is 5.75 Å². The van der Waals surface area contributed by atoms with Gasteiger partial charge in [0.1, 0.15) is 5.75 Å². The number of halogens is 4. The van der Waals surface area contributed by atoms with E-state index in [2.05, 4.69) is 26.8 Å². The van der Waals surface area contributed by atoms with Crippen LogP contribution in [0.1, 0.15) is 24.0 Å². The van der Waals surface area contributed by atoms with Crippen LogP contribution >= 0.6 is 48.0 Å². The molecule has 2 atom stereocenters. The maximum Gasteiger partial charge on any atom is 0.115 e. The van der Waals surface area contributed by atoms with Gasteiger partial charge in [0.25, 0.3) is 0 Å². The number of anilines is 1. The SMILES string of the molecule is Cl.Cl.Oc1ccc2c(c1)C[C@@H]1[C@@H](CCCN1CCN1CCN(c3cccc(Cl)c3Cl)CC1)C2. The molecule has 1 N–H and O–H groups in total. The lowest BCUT2D eigenvalue weighted by Crippen LogP contribution is -2.53. The Balaban J connectivity index is 0.00000153. The summed E-state index contributed by atoms with van der Waals surface area (Å²) >= 11 is 12.6. The highest BCUT2D eigenvalue weighted by molar-refractivity contribution is 6.43. The number of hydrogen-bond donors (Lipinski definition) is 1. The van der Waals surface area contributed by atoms with Gasteiger partial charge >= 0.3 is 0 Å². The van der Waals surface area contributed by atoms with E-state index in [1.807, 2.05) is 24.3 Å². The summed E-state index contributed by atoms with van der Waals surface area (Å²) in [5.41, 5.74) is 3.84. The summed E-state index contributed by atoms with van der Waals surface area (Å²) in [5.74, 6) is 1.16. The third-order valence-electron chi connectivity index (χ3n) is 7.48. The molecular formula is C25H33Cl4N3O. The molecule has 0 amide bonds. The van der Waals surface area contributed by atoms with Gasteiger partial charge in [-0.3, -0.25) is 9.80 Å². The molecule has 33 heavy (non-hydrogen) atoms. The summed E-state index contributed by atoms with van der Waals surface area (Å²) in [7, 11) is 0. The number of rotatable bonds is 4. The highest BCUT2D eigenvalue weighted by Gasteiger charge is 2.35. The van der Waals surface area contributed by atoms with Crippen molar-refractivity contribution in [1.82, 2.24) is 9.80 Å². The summed E-state index contributed by atoms with van der Waals surface area (Å²) in [6, 6.07) is 12.5. The van der Waals surface area contributed by atoms with Crippen molar-refractivity contribution >= 4 is 53.7 Å². The first kappa shape index (κ1) is 26.7. The van der Waals surface area contributed by atoms with E-state index in [-0.39, 0.29) is 24.8 Å². The van der Waals surface area contributed by atoms with E-state index in [0.29, 0.717) is 21.8 Å². The summed E-state index contributed by atoms with van der Waals surface area (Å²) in [6.07, 6.45) is 4.88. The van der Waals surface area contributed by atoms with Crippen molar-refractivity contribution in [3.05, 3.63) is 57.6 Å². The number of likely N-dealkylation sites (tertiary alicyclic amines) is 1. The number of phenolic OH excluding ortho intramolecular Hbond substituents is 1. The lowest BCUT2D eigenvalue weighted by molar-refractivity contribution is 0.0726. The van der Waals surface area contributed by atoms with Crippen LogP contribution in [0.2, 0.25) is 10.0 Å². The molecule has 8 heteroatoms. The fraction of sp³-hybridized carbons (Fsp3) is 0.520. The zero-order chi connectivity index (χ0) is 21.4. The lowest BCUT2D eigenvalue weighted by atomic mass is 9.75. The molecule has 2 aromatic rings. The van der Waals surface area contributed by atoms with Crippen LogP contribution < -0.4 is 4.90 Å². The van der Waals surface area contributed by atoms with Crippen molar-refractivity contribution in [1.29, 1.82) is 0 Å². The van der Waals surface area contributed by atoms with E-state index in [9.17, 15) is 5.11 Å². The molecule has 0 unspecified atom stereocenters. The smallest absolute Gasteiger partial charge is 0.115 e. The van der Waals surface area contributed by atoms with Crippen LogP contribution in [0.4, 0.5) is 5.69 Å². The van der Waals surface area contributed by atoms with E-state index in [1.54, 1.807) is 0 Å². The largest absolute Gasteiger partial charge is 0.508 e. The van der Waals surface area contributed by atoms with Crippen LogP contribution in [0.15, 0.2) is 36.4 Å². The third kappa shape index (κ3) is 5.86. The number of piperazine rings is 1. The lowest BCUT2D eigenvalue weighted by Gasteiger charge is -2.45. The van der Waals surface area contributed by atoms with E-state index in [1.165, 1.54) is 30.5 Å². The quantitative estimate of drug-likeness (QED) is 0.559. The second-order valence-electron chi connectivity index (χ2n) is 9.27. The first-order chi connectivity index (χ1) is 15.1. The molecule has 0 radical (unpaired) electrons. The first-order valence-corrected chi connectivity index (χ1v) is 12.3. The Morgan fingerprint density at radius 2 is 1.67 bits per heavy atom. The van der Waals surface area contributed by atoms with Gasteiger partial charge in [-0.15, -0.1) is 24.8 Å². The molecule has 1 aliphatic carbocycles. The van der Waals surface area contributed by atoms with Crippen molar-refractivity contribution < 1.29 is 5.11 Å². The Kier molecular flexibility index (Phi) is 9.47. The molecule has 0 aromatic heterocycles. The fourth-order valence-electron chi connectivity index (χ4n) is 5.75. The van der Waals surface area contributed by atoms with Crippen LogP contribution in [0.3, 0.4) is 0 Å². The monoisotopic (exact) mass is 531 g/mol. The zero-order valence-electron chi connectivity index (χ0n) is 18.8. The predicted molar refractivity (Wildman–Crippen MR) is 143 cm³/mol. The highest BCUT2D eigenvalue weighted by atomic mass is 35.5. The molecular weight excluding hydrogens is 500 g/mol. The van der Waals surface area contributed by atoms with E-state index >= 15 is 0 Å². The number of benzene rings is 2. The van der Waals surface area contributed by atoms with Gasteiger partial charge in [-0.05, 0) is 73.5 Å².